The second-order valence-electron chi connectivity index (χ2n) is 5.66. The lowest BCUT2D eigenvalue weighted by atomic mass is 9.62. The molecule has 2 aliphatic carbocycles. The van der Waals surface area contributed by atoms with Crippen molar-refractivity contribution in [2.24, 2.45) is 11.3 Å². The van der Waals surface area contributed by atoms with E-state index in [1.54, 1.807) is 0 Å². The number of esters is 1. The normalized spacial score (nSPS) is 38.6. The average Bonchev–Trinajstić information content (AvgIpc) is 2.19. The number of allylic oxidation sites excluding steroid dienone is 1. The van der Waals surface area contributed by atoms with Crippen LogP contribution in [0.3, 0.4) is 0 Å². The maximum absolute atomic E-state index is 11.0. The molecule has 0 radical (unpaired) electrons. The van der Waals surface area contributed by atoms with Crippen molar-refractivity contribution in [3.05, 3.63) is 11.6 Å². The van der Waals surface area contributed by atoms with E-state index in [-0.39, 0.29) is 12.1 Å². The molecule has 0 saturated heterocycles. The molecule has 0 heterocycles. The Morgan fingerprint density at radius 3 is 2.88 bits per heavy atom. The third-order valence-corrected chi connectivity index (χ3v) is 4.26. The van der Waals surface area contributed by atoms with Gasteiger partial charge in [0.05, 0.1) is 0 Å². The Hall–Kier alpha value is -0.790. The molecule has 16 heavy (non-hydrogen) atoms. The minimum Gasteiger partial charge on any atom is -0.458 e. The number of hydrogen-bond acceptors (Lipinski definition) is 2. The molecule has 2 nitrogen and oxygen atoms in total. The number of hydrogen-bond donors (Lipinski definition) is 0. The van der Waals surface area contributed by atoms with E-state index in [1.165, 1.54) is 38.2 Å². The van der Waals surface area contributed by atoms with Crippen molar-refractivity contribution in [2.75, 3.05) is 0 Å². The molecule has 1 fully saturated rings. The van der Waals surface area contributed by atoms with Gasteiger partial charge in [0.15, 0.2) is 0 Å². The fourth-order valence-corrected chi connectivity index (χ4v) is 3.38. The van der Waals surface area contributed by atoms with E-state index < -0.39 is 0 Å². The minimum absolute atomic E-state index is 0.0288. The summed E-state index contributed by atoms with van der Waals surface area (Å²) < 4.78 is 5.32. The molecule has 0 spiro atoms. The van der Waals surface area contributed by atoms with Crippen LogP contribution in [0.15, 0.2) is 11.6 Å². The van der Waals surface area contributed by atoms with Crippen LogP contribution in [0.2, 0.25) is 0 Å². The van der Waals surface area contributed by atoms with Gasteiger partial charge in [0.25, 0.3) is 0 Å². The highest BCUT2D eigenvalue weighted by Gasteiger charge is 2.39. The maximum Gasteiger partial charge on any atom is 0.303 e. The molecule has 0 unspecified atom stereocenters. The van der Waals surface area contributed by atoms with Gasteiger partial charge in [0, 0.05) is 6.92 Å². The van der Waals surface area contributed by atoms with Crippen molar-refractivity contribution in [2.45, 2.75) is 59.0 Å². The zero-order valence-electron chi connectivity index (χ0n) is 10.6. The molecule has 2 aliphatic rings. The van der Waals surface area contributed by atoms with Gasteiger partial charge in [-0.3, -0.25) is 4.79 Å². The molecular formula is C14H22O2. The Bertz CT molecular complexity index is 319. The Labute approximate surface area is 98.1 Å². The van der Waals surface area contributed by atoms with Gasteiger partial charge in [-0.15, -0.1) is 0 Å². The van der Waals surface area contributed by atoms with Crippen LogP contribution in [0.1, 0.15) is 52.9 Å². The minimum atomic E-state index is -0.158. The van der Waals surface area contributed by atoms with E-state index in [1.807, 2.05) is 0 Å². The second kappa shape index (κ2) is 4.23. The van der Waals surface area contributed by atoms with E-state index >= 15 is 0 Å². The van der Waals surface area contributed by atoms with Crippen LogP contribution in [-0.2, 0) is 9.53 Å². The summed E-state index contributed by atoms with van der Waals surface area (Å²) in [6.07, 6.45) is 8.35. The first-order chi connectivity index (χ1) is 7.51. The molecule has 0 N–H and O–H groups in total. The van der Waals surface area contributed by atoms with E-state index in [0.717, 1.165) is 6.42 Å². The first-order valence-corrected chi connectivity index (χ1v) is 6.41. The summed E-state index contributed by atoms with van der Waals surface area (Å²) in [5.74, 6) is 0.506. The first-order valence-electron chi connectivity index (χ1n) is 6.41. The predicted octanol–water partition coefficient (Wildman–Crippen LogP) is 3.46. The van der Waals surface area contributed by atoms with Crippen molar-refractivity contribution < 1.29 is 9.53 Å². The van der Waals surface area contributed by atoms with Gasteiger partial charge in [-0.05, 0) is 43.1 Å². The molecule has 0 aliphatic heterocycles. The van der Waals surface area contributed by atoms with E-state index in [2.05, 4.69) is 19.9 Å². The Balaban J connectivity index is 2.18. The number of carbonyl (C=O) groups excluding carboxylic acids is 1. The van der Waals surface area contributed by atoms with Crippen LogP contribution in [0.25, 0.3) is 0 Å². The quantitative estimate of drug-likeness (QED) is 0.501. The standard InChI is InChI=1S/C14H22O2/c1-10-5-4-7-14(3)8-6-12(9-13(10)14)16-11(2)15/h9-10,12H,4-8H2,1-3H3/t10-,12-,14-/m0/s1. The molecule has 2 rings (SSSR count). The van der Waals surface area contributed by atoms with Gasteiger partial charge in [0.2, 0.25) is 0 Å². The van der Waals surface area contributed by atoms with Crippen molar-refractivity contribution >= 4 is 5.97 Å². The largest absolute Gasteiger partial charge is 0.458 e. The molecule has 0 bridgehead atoms. The van der Waals surface area contributed by atoms with Crippen LogP contribution < -0.4 is 0 Å². The summed E-state index contributed by atoms with van der Waals surface area (Å²) in [5, 5.41) is 0. The summed E-state index contributed by atoms with van der Waals surface area (Å²) in [6, 6.07) is 0. The monoisotopic (exact) mass is 222 g/mol. The summed E-state index contributed by atoms with van der Waals surface area (Å²) in [7, 11) is 0. The van der Waals surface area contributed by atoms with Gasteiger partial charge in [0.1, 0.15) is 6.10 Å². The second-order valence-corrected chi connectivity index (χ2v) is 5.66. The maximum atomic E-state index is 11.0. The summed E-state index contributed by atoms with van der Waals surface area (Å²) in [5.41, 5.74) is 1.92. The molecule has 0 aromatic heterocycles. The lowest BCUT2D eigenvalue weighted by Crippen LogP contribution is -2.34. The number of fused-ring (bicyclic) bond motifs is 1. The molecule has 3 atom stereocenters. The van der Waals surface area contributed by atoms with Crippen LogP contribution in [-0.4, -0.2) is 12.1 Å². The summed E-state index contributed by atoms with van der Waals surface area (Å²) >= 11 is 0. The van der Waals surface area contributed by atoms with Crippen molar-refractivity contribution in [3.63, 3.8) is 0 Å². The molecule has 0 aromatic rings. The van der Waals surface area contributed by atoms with Crippen LogP contribution >= 0.6 is 0 Å². The lowest BCUT2D eigenvalue weighted by molar-refractivity contribution is -0.145. The SMILES string of the molecule is CC(=O)O[C@@H]1C=C2[C@@H](C)CCC[C@@]2(C)CC1. The van der Waals surface area contributed by atoms with Crippen molar-refractivity contribution in [1.82, 2.24) is 0 Å². The third kappa shape index (κ3) is 2.16. The third-order valence-electron chi connectivity index (χ3n) is 4.26. The highest BCUT2D eigenvalue weighted by atomic mass is 16.5. The van der Waals surface area contributed by atoms with Gasteiger partial charge in [-0.25, -0.2) is 0 Å². The number of ether oxygens (including phenoxy) is 1. The summed E-state index contributed by atoms with van der Waals surface area (Å²) in [4.78, 5) is 11.0. The molecule has 90 valence electrons. The first kappa shape index (κ1) is 11.7. The number of carbonyl (C=O) groups is 1. The summed E-state index contributed by atoms with van der Waals surface area (Å²) in [6.45, 7) is 6.18. The van der Waals surface area contributed by atoms with E-state index in [0.29, 0.717) is 11.3 Å². The van der Waals surface area contributed by atoms with E-state index in [4.69, 9.17) is 4.74 Å². The zero-order chi connectivity index (χ0) is 11.8. The Kier molecular flexibility index (Phi) is 3.09. The van der Waals surface area contributed by atoms with Crippen LogP contribution in [0.5, 0.6) is 0 Å². The Morgan fingerprint density at radius 1 is 1.44 bits per heavy atom. The number of rotatable bonds is 1. The predicted molar refractivity (Wildman–Crippen MR) is 64.0 cm³/mol. The van der Waals surface area contributed by atoms with E-state index in [9.17, 15) is 4.79 Å². The smallest absolute Gasteiger partial charge is 0.303 e. The zero-order valence-corrected chi connectivity index (χ0v) is 10.6. The van der Waals surface area contributed by atoms with Crippen molar-refractivity contribution in [3.8, 4) is 0 Å². The highest BCUT2D eigenvalue weighted by Crippen LogP contribution is 2.49. The highest BCUT2D eigenvalue weighted by molar-refractivity contribution is 5.66. The van der Waals surface area contributed by atoms with Gasteiger partial charge < -0.3 is 4.74 Å². The van der Waals surface area contributed by atoms with Crippen LogP contribution in [0.4, 0.5) is 0 Å². The van der Waals surface area contributed by atoms with Gasteiger partial charge >= 0.3 is 5.97 Å². The Morgan fingerprint density at radius 2 is 2.19 bits per heavy atom. The fraction of sp³-hybridized carbons (Fsp3) is 0.786. The average molecular weight is 222 g/mol. The van der Waals surface area contributed by atoms with Gasteiger partial charge in [-0.2, -0.15) is 0 Å². The molecule has 0 amide bonds. The molecule has 2 heteroatoms. The lowest BCUT2D eigenvalue weighted by Gasteiger charge is -2.44. The van der Waals surface area contributed by atoms with Crippen molar-refractivity contribution in [1.29, 1.82) is 0 Å². The molecule has 0 aromatic carbocycles. The topological polar surface area (TPSA) is 26.3 Å². The molecule has 1 saturated carbocycles. The fourth-order valence-electron chi connectivity index (χ4n) is 3.38. The van der Waals surface area contributed by atoms with Crippen LogP contribution in [0, 0.1) is 11.3 Å². The van der Waals surface area contributed by atoms with Gasteiger partial charge in [-0.1, -0.05) is 25.8 Å². The molecular weight excluding hydrogens is 200 g/mol.